The number of halogens is 2. The molecule has 0 saturated carbocycles. The Bertz CT molecular complexity index is 659. The van der Waals surface area contributed by atoms with E-state index in [1.165, 1.54) is 6.07 Å². The van der Waals surface area contributed by atoms with E-state index in [0.717, 1.165) is 17.7 Å². The molecule has 122 valence electrons. The molecule has 0 bridgehead atoms. The molecule has 0 atom stereocenters. The maximum absolute atomic E-state index is 13.0. The summed E-state index contributed by atoms with van der Waals surface area (Å²) in [6.45, 7) is 2.23. The first-order chi connectivity index (χ1) is 11.0. The third kappa shape index (κ3) is 5.58. The van der Waals surface area contributed by atoms with Gasteiger partial charge in [-0.3, -0.25) is 4.79 Å². The highest BCUT2D eigenvalue weighted by Crippen LogP contribution is 2.15. The van der Waals surface area contributed by atoms with Crippen molar-refractivity contribution in [3.05, 3.63) is 59.7 Å². The van der Waals surface area contributed by atoms with Gasteiger partial charge in [0.1, 0.15) is 18.1 Å². The number of amides is 1. The van der Waals surface area contributed by atoms with E-state index in [4.69, 9.17) is 9.47 Å². The van der Waals surface area contributed by atoms with Crippen LogP contribution in [0.2, 0.25) is 0 Å². The van der Waals surface area contributed by atoms with Gasteiger partial charge in [-0.1, -0.05) is 17.7 Å². The van der Waals surface area contributed by atoms with Gasteiger partial charge >= 0.3 is 0 Å². The Morgan fingerprint density at radius 3 is 2.39 bits per heavy atom. The van der Waals surface area contributed by atoms with Gasteiger partial charge < -0.3 is 14.8 Å². The summed E-state index contributed by atoms with van der Waals surface area (Å²) in [6.07, 6.45) is 0. The molecular formula is C17H17F2NO3. The van der Waals surface area contributed by atoms with Crippen molar-refractivity contribution in [1.29, 1.82) is 0 Å². The van der Waals surface area contributed by atoms with Crippen LogP contribution < -0.4 is 14.8 Å². The highest BCUT2D eigenvalue weighted by molar-refractivity contribution is 5.77. The molecule has 2 aromatic carbocycles. The number of ether oxygens (including phenoxy) is 2. The molecule has 0 radical (unpaired) electrons. The Hall–Kier alpha value is -2.63. The lowest BCUT2D eigenvalue weighted by Crippen LogP contribution is -2.32. The molecule has 6 heteroatoms. The normalized spacial score (nSPS) is 10.2. The lowest BCUT2D eigenvalue weighted by atomic mass is 10.2. The standard InChI is InChI=1S/C17H17F2NO3/c1-12-2-4-13(5-3-12)23-11-17(21)20-8-9-22-14-6-7-15(18)16(19)10-14/h2-7,10H,8-9,11H2,1H3,(H,20,21). The third-order valence-electron chi connectivity index (χ3n) is 2.97. The molecule has 1 N–H and O–H groups in total. The van der Waals surface area contributed by atoms with Crippen molar-refractivity contribution < 1.29 is 23.0 Å². The van der Waals surface area contributed by atoms with Crippen LogP contribution in [0.5, 0.6) is 11.5 Å². The van der Waals surface area contributed by atoms with Gasteiger partial charge in [-0.15, -0.1) is 0 Å². The Labute approximate surface area is 133 Å². The van der Waals surface area contributed by atoms with Gasteiger partial charge in [-0.2, -0.15) is 0 Å². The van der Waals surface area contributed by atoms with Crippen LogP contribution in [0, 0.1) is 18.6 Å². The predicted octanol–water partition coefficient (Wildman–Crippen LogP) is 2.85. The number of hydrogen-bond acceptors (Lipinski definition) is 3. The monoisotopic (exact) mass is 321 g/mol. The van der Waals surface area contributed by atoms with E-state index >= 15 is 0 Å². The van der Waals surface area contributed by atoms with Crippen LogP contribution in [0.1, 0.15) is 5.56 Å². The molecule has 0 spiro atoms. The van der Waals surface area contributed by atoms with E-state index < -0.39 is 11.6 Å². The summed E-state index contributed by atoms with van der Waals surface area (Å²) in [4.78, 5) is 11.6. The number of benzene rings is 2. The van der Waals surface area contributed by atoms with Crippen LogP contribution in [-0.4, -0.2) is 25.7 Å². The fourth-order valence-electron chi connectivity index (χ4n) is 1.76. The Balaban J connectivity index is 1.64. The topological polar surface area (TPSA) is 47.6 Å². The van der Waals surface area contributed by atoms with Gasteiger partial charge in [0.25, 0.3) is 5.91 Å². The lowest BCUT2D eigenvalue weighted by molar-refractivity contribution is -0.123. The zero-order chi connectivity index (χ0) is 16.7. The number of aryl methyl sites for hydroxylation is 1. The van der Waals surface area contributed by atoms with Crippen LogP contribution >= 0.6 is 0 Å². The maximum atomic E-state index is 13.0. The predicted molar refractivity (Wildman–Crippen MR) is 81.5 cm³/mol. The van der Waals surface area contributed by atoms with Crippen LogP contribution in [0.3, 0.4) is 0 Å². The van der Waals surface area contributed by atoms with Gasteiger partial charge in [0.05, 0.1) is 6.54 Å². The second kappa shape index (κ2) is 8.12. The maximum Gasteiger partial charge on any atom is 0.258 e. The molecule has 2 rings (SSSR count). The highest BCUT2D eigenvalue weighted by Gasteiger charge is 2.04. The zero-order valence-electron chi connectivity index (χ0n) is 12.6. The largest absolute Gasteiger partial charge is 0.492 e. The van der Waals surface area contributed by atoms with Gasteiger partial charge in [-0.25, -0.2) is 8.78 Å². The zero-order valence-corrected chi connectivity index (χ0v) is 12.6. The molecule has 4 nitrogen and oxygen atoms in total. The van der Waals surface area contributed by atoms with Crippen LogP contribution in [0.25, 0.3) is 0 Å². The third-order valence-corrected chi connectivity index (χ3v) is 2.97. The van der Waals surface area contributed by atoms with Crippen molar-refractivity contribution in [2.24, 2.45) is 0 Å². The summed E-state index contributed by atoms with van der Waals surface area (Å²) in [5, 5.41) is 2.60. The molecule has 1 amide bonds. The summed E-state index contributed by atoms with van der Waals surface area (Å²) < 4.78 is 36.2. The average Bonchev–Trinajstić information content (AvgIpc) is 2.54. The second-order valence-corrected chi connectivity index (χ2v) is 4.88. The Morgan fingerprint density at radius 1 is 1.00 bits per heavy atom. The number of hydrogen-bond donors (Lipinski definition) is 1. The molecule has 0 aliphatic heterocycles. The molecule has 23 heavy (non-hydrogen) atoms. The van der Waals surface area contributed by atoms with E-state index in [-0.39, 0.29) is 31.4 Å². The van der Waals surface area contributed by atoms with E-state index in [0.29, 0.717) is 5.75 Å². The van der Waals surface area contributed by atoms with Gasteiger partial charge in [0.15, 0.2) is 18.2 Å². The second-order valence-electron chi connectivity index (χ2n) is 4.88. The molecule has 0 aliphatic rings. The number of carbonyl (C=O) groups excluding carboxylic acids is 1. The van der Waals surface area contributed by atoms with Crippen LogP contribution in [-0.2, 0) is 4.79 Å². The van der Waals surface area contributed by atoms with Crippen LogP contribution in [0.4, 0.5) is 8.78 Å². The summed E-state index contributed by atoms with van der Waals surface area (Å²) in [7, 11) is 0. The summed E-state index contributed by atoms with van der Waals surface area (Å²) in [6, 6.07) is 10.6. The van der Waals surface area contributed by atoms with E-state index in [9.17, 15) is 13.6 Å². The van der Waals surface area contributed by atoms with E-state index in [1.807, 2.05) is 19.1 Å². The lowest BCUT2D eigenvalue weighted by Gasteiger charge is -2.09. The summed E-state index contributed by atoms with van der Waals surface area (Å²) >= 11 is 0. The van der Waals surface area contributed by atoms with Crippen LogP contribution in [0.15, 0.2) is 42.5 Å². The van der Waals surface area contributed by atoms with Gasteiger partial charge in [0, 0.05) is 6.07 Å². The number of rotatable bonds is 7. The molecular weight excluding hydrogens is 304 g/mol. The first-order valence-corrected chi connectivity index (χ1v) is 7.08. The highest BCUT2D eigenvalue weighted by atomic mass is 19.2. The van der Waals surface area contributed by atoms with Crippen molar-refractivity contribution in [3.63, 3.8) is 0 Å². The summed E-state index contributed by atoms with van der Waals surface area (Å²) in [5.74, 6) is -1.38. The molecule has 0 aliphatic carbocycles. The first kappa shape index (κ1) is 16.7. The van der Waals surface area contributed by atoms with Gasteiger partial charge in [0.2, 0.25) is 0 Å². The van der Waals surface area contributed by atoms with Crippen molar-refractivity contribution in [2.75, 3.05) is 19.8 Å². The molecule has 0 aromatic heterocycles. The fraction of sp³-hybridized carbons (Fsp3) is 0.235. The smallest absolute Gasteiger partial charge is 0.258 e. The molecule has 0 fully saturated rings. The first-order valence-electron chi connectivity index (χ1n) is 7.08. The quantitative estimate of drug-likeness (QED) is 0.798. The van der Waals surface area contributed by atoms with E-state index in [1.54, 1.807) is 12.1 Å². The molecule has 0 saturated heterocycles. The van der Waals surface area contributed by atoms with E-state index in [2.05, 4.69) is 5.32 Å². The minimum Gasteiger partial charge on any atom is -0.492 e. The number of carbonyl (C=O) groups is 1. The van der Waals surface area contributed by atoms with Crippen molar-refractivity contribution in [1.82, 2.24) is 5.32 Å². The van der Waals surface area contributed by atoms with Crippen molar-refractivity contribution in [3.8, 4) is 11.5 Å². The SMILES string of the molecule is Cc1ccc(OCC(=O)NCCOc2ccc(F)c(F)c2)cc1. The number of nitrogens with one attached hydrogen (secondary N) is 1. The van der Waals surface area contributed by atoms with Crippen molar-refractivity contribution >= 4 is 5.91 Å². The molecule has 2 aromatic rings. The summed E-state index contributed by atoms with van der Waals surface area (Å²) in [5.41, 5.74) is 1.11. The van der Waals surface area contributed by atoms with Gasteiger partial charge in [-0.05, 0) is 31.2 Å². The molecule has 0 heterocycles. The minimum absolute atomic E-state index is 0.103. The molecule has 0 unspecified atom stereocenters. The average molecular weight is 321 g/mol. The minimum atomic E-state index is -0.974. The fourth-order valence-corrected chi connectivity index (χ4v) is 1.76. The Morgan fingerprint density at radius 2 is 1.70 bits per heavy atom. The Kier molecular flexibility index (Phi) is 5.91. The van der Waals surface area contributed by atoms with Crippen molar-refractivity contribution in [2.45, 2.75) is 6.92 Å².